The lowest BCUT2D eigenvalue weighted by molar-refractivity contribution is -0.117. The molecule has 0 atom stereocenters. The Morgan fingerprint density at radius 1 is 0.972 bits per heavy atom. The van der Waals surface area contributed by atoms with Gasteiger partial charge in [0.15, 0.2) is 26.9 Å². The number of hydrogen-bond donors (Lipinski definition) is 0. The molecule has 0 aliphatic heterocycles. The second kappa shape index (κ2) is 9.67. The maximum absolute atomic E-state index is 12.6. The maximum atomic E-state index is 12.6. The number of nitrogens with zero attached hydrogens (tertiary/aromatic N) is 3. The number of Topliss-reactive ketones (excluding diaryl/α,β-unsaturated/α-hetero) is 1. The number of fused-ring (bicyclic) bond motifs is 1. The van der Waals surface area contributed by atoms with Gasteiger partial charge < -0.3 is 4.74 Å². The molecule has 9 heteroatoms. The Hall–Kier alpha value is -3.23. The summed E-state index contributed by atoms with van der Waals surface area (Å²) in [5.74, 6) is 1.55. The largest absolute Gasteiger partial charge is 0.479 e. The molecule has 1 aliphatic carbocycles. The van der Waals surface area contributed by atoms with E-state index in [1.165, 1.54) is 0 Å². The molecule has 2 aromatic heterocycles. The van der Waals surface area contributed by atoms with Gasteiger partial charge in [0.05, 0.1) is 15.7 Å². The third-order valence-corrected chi connectivity index (χ3v) is 8.61. The van der Waals surface area contributed by atoms with E-state index in [1.807, 2.05) is 34.7 Å². The summed E-state index contributed by atoms with van der Waals surface area (Å²) in [6.07, 6.45) is 5.04. The fraction of sp³-hybridized carbons (Fsp3) is 0.296. The third-order valence-electron chi connectivity index (χ3n) is 6.64. The van der Waals surface area contributed by atoms with Crippen LogP contribution in [-0.2, 0) is 33.1 Å². The normalized spacial score (nSPS) is 14.9. The number of carbonyl (C=O) groups excluding carboxylic acids is 1. The second-order valence-electron chi connectivity index (χ2n) is 9.13. The summed E-state index contributed by atoms with van der Waals surface area (Å²) in [6.45, 7) is 1.61. The van der Waals surface area contributed by atoms with Crippen molar-refractivity contribution in [3.63, 3.8) is 0 Å². The van der Waals surface area contributed by atoms with Crippen LogP contribution in [0.15, 0.2) is 71.8 Å². The van der Waals surface area contributed by atoms with Crippen molar-refractivity contribution in [2.45, 2.75) is 49.5 Å². The molecule has 0 bridgehead atoms. The molecule has 0 unspecified atom stereocenters. The van der Waals surface area contributed by atoms with Gasteiger partial charge in [-0.2, -0.15) is 0 Å². The summed E-state index contributed by atoms with van der Waals surface area (Å²) in [5, 5.41) is 9.26. The first-order valence-electron chi connectivity index (χ1n) is 11.9. The van der Waals surface area contributed by atoms with Gasteiger partial charge >= 0.3 is 0 Å². The van der Waals surface area contributed by atoms with E-state index in [4.69, 9.17) is 16.3 Å². The summed E-state index contributed by atoms with van der Waals surface area (Å²) < 4.78 is 32.2. The molecule has 36 heavy (non-hydrogen) atoms. The number of sulfone groups is 1. The molecule has 0 amide bonds. The average Bonchev–Trinajstić information content (AvgIpc) is 3.26. The van der Waals surface area contributed by atoms with Crippen LogP contribution in [0.4, 0.5) is 0 Å². The SMILES string of the molecule is CCS(=O)(=O)c1ccc(CC(=O)Cc2ccc(OC3(c4nnc5ccc(Cl)cn45)CCC3)cc2)cc1. The second-order valence-corrected chi connectivity index (χ2v) is 11.8. The highest BCUT2D eigenvalue weighted by molar-refractivity contribution is 7.91. The minimum Gasteiger partial charge on any atom is -0.479 e. The number of aromatic nitrogens is 3. The van der Waals surface area contributed by atoms with E-state index >= 15 is 0 Å². The van der Waals surface area contributed by atoms with Crippen LogP contribution in [0, 0.1) is 0 Å². The van der Waals surface area contributed by atoms with Crippen LogP contribution in [0.25, 0.3) is 5.65 Å². The monoisotopic (exact) mass is 523 g/mol. The Morgan fingerprint density at radius 2 is 1.61 bits per heavy atom. The number of ketones is 1. The zero-order chi connectivity index (χ0) is 25.3. The van der Waals surface area contributed by atoms with Crippen LogP contribution in [0.1, 0.15) is 43.1 Å². The van der Waals surface area contributed by atoms with Gasteiger partial charge in [-0.3, -0.25) is 9.20 Å². The number of pyridine rings is 1. The summed E-state index contributed by atoms with van der Waals surface area (Å²) in [4.78, 5) is 12.9. The van der Waals surface area contributed by atoms with Crippen molar-refractivity contribution < 1.29 is 17.9 Å². The number of halogens is 1. The maximum Gasteiger partial charge on any atom is 0.181 e. The molecule has 1 fully saturated rings. The summed E-state index contributed by atoms with van der Waals surface area (Å²) >= 11 is 6.19. The average molecular weight is 524 g/mol. The molecular formula is C27H26ClN3O4S. The first-order valence-corrected chi connectivity index (χ1v) is 13.9. The van der Waals surface area contributed by atoms with Crippen molar-refractivity contribution in [2.24, 2.45) is 0 Å². The fourth-order valence-electron chi connectivity index (χ4n) is 4.44. The lowest BCUT2D eigenvalue weighted by Crippen LogP contribution is -2.42. The van der Waals surface area contributed by atoms with Crippen LogP contribution in [0.5, 0.6) is 5.75 Å². The van der Waals surface area contributed by atoms with Gasteiger partial charge in [-0.05, 0) is 66.8 Å². The van der Waals surface area contributed by atoms with E-state index in [1.54, 1.807) is 43.5 Å². The van der Waals surface area contributed by atoms with Crippen molar-refractivity contribution in [1.29, 1.82) is 0 Å². The predicted octanol–water partition coefficient (Wildman–Crippen LogP) is 4.99. The van der Waals surface area contributed by atoms with E-state index in [0.717, 1.165) is 41.9 Å². The summed E-state index contributed by atoms with van der Waals surface area (Å²) in [5.41, 5.74) is 1.85. The fourth-order valence-corrected chi connectivity index (χ4v) is 5.49. The molecule has 0 N–H and O–H groups in total. The van der Waals surface area contributed by atoms with E-state index in [9.17, 15) is 13.2 Å². The quantitative estimate of drug-likeness (QED) is 0.307. The Kier molecular flexibility index (Phi) is 6.57. The molecule has 2 aromatic carbocycles. The van der Waals surface area contributed by atoms with Crippen molar-refractivity contribution in [3.05, 3.63) is 88.8 Å². The minimum absolute atomic E-state index is 0.0516. The Morgan fingerprint density at radius 3 is 2.19 bits per heavy atom. The molecule has 0 radical (unpaired) electrons. The molecule has 1 saturated carbocycles. The van der Waals surface area contributed by atoms with Gasteiger partial charge in [0.2, 0.25) is 0 Å². The smallest absolute Gasteiger partial charge is 0.181 e. The predicted molar refractivity (Wildman–Crippen MR) is 137 cm³/mol. The lowest BCUT2D eigenvalue weighted by atomic mass is 9.79. The molecule has 0 spiro atoms. The molecule has 4 aromatic rings. The van der Waals surface area contributed by atoms with E-state index in [0.29, 0.717) is 10.8 Å². The van der Waals surface area contributed by atoms with Gasteiger partial charge in [-0.15, -0.1) is 10.2 Å². The van der Waals surface area contributed by atoms with Crippen LogP contribution in [0.2, 0.25) is 5.02 Å². The van der Waals surface area contributed by atoms with E-state index < -0.39 is 15.4 Å². The van der Waals surface area contributed by atoms with Gasteiger partial charge in [-0.1, -0.05) is 42.8 Å². The lowest BCUT2D eigenvalue weighted by Gasteiger charge is -2.40. The molecule has 186 valence electrons. The van der Waals surface area contributed by atoms with Gasteiger partial charge in [0.25, 0.3) is 0 Å². The number of ether oxygens (including phenoxy) is 1. The standard InChI is InChI=1S/C27H26ClN3O4S/c1-2-36(33,34)24-11-6-20(7-12-24)17-22(32)16-19-4-9-23(10-5-19)35-27(14-3-15-27)26-30-29-25-13-8-21(28)18-31(25)26/h4-13,18H,2-3,14-17H2,1H3. The molecule has 5 rings (SSSR count). The number of carbonyl (C=O) groups is 1. The van der Waals surface area contributed by atoms with E-state index in [2.05, 4.69) is 10.2 Å². The summed E-state index contributed by atoms with van der Waals surface area (Å²) in [7, 11) is -3.25. The molecule has 0 saturated heterocycles. The third kappa shape index (κ3) is 4.88. The summed E-state index contributed by atoms with van der Waals surface area (Å²) in [6, 6.07) is 17.7. The van der Waals surface area contributed by atoms with Crippen molar-refractivity contribution in [3.8, 4) is 5.75 Å². The Labute approximate surface area is 215 Å². The Balaban J connectivity index is 1.24. The first kappa shape index (κ1) is 24.5. The van der Waals surface area contributed by atoms with E-state index in [-0.39, 0.29) is 29.3 Å². The van der Waals surface area contributed by atoms with Crippen LogP contribution >= 0.6 is 11.6 Å². The topological polar surface area (TPSA) is 90.6 Å². The molecule has 1 aliphatic rings. The van der Waals surface area contributed by atoms with Gasteiger partial charge in [0, 0.05) is 19.0 Å². The van der Waals surface area contributed by atoms with Gasteiger partial charge in [0.1, 0.15) is 11.5 Å². The number of benzene rings is 2. The van der Waals surface area contributed by atoms with Crippen LogP contribution in [-0.4, -0.2) is 34.6 Å². The minimum atomic E-state index is -3.25. The zero-order valence-electron chi connectivity index (χ0n) is 19.9. The van der Waals surface area contributed by atoms with Crippen molar-refractivity contribution >= 4 is 32.9 Å². The first-order chi connectivity index (χ1) is 17.3. The molecular weight excluding hydrogens is 498 g/mol. The highest BCUT2D eigenvalue weighted by Crippen LogP contribution is 2.44. The highest BCUT2D eigenvalue weighted by atomic mass is 35.5. The number of rotatable bonds is 9. The van der Waals surface area contributed by atoms with Crippen LogP contribution < -0.4 is 4.74 Å². The van der Waals surface area contributed by atoms with Crippen molar-refractivity contribution in [1.82, 2.24) is 14.6 Å². The van der Waals surface area contributed by atoms with Crippen LogP contribution in [0.3, 0.4) is 0 Å². The Bertz CT molecular complexity index is 1510. The highest BCUT2D eigenvalue weighted by Gasteiger charge is 2.45. The molecule has 7 nitrogen and oxygen atoms in total. The van der Waals surface area contributed by atoms with Gasteiger partial charge in [-0.25, -0.2) is 8.42 Å². The molecule has 2 heterocycles. The number of hydrogen-bond acceptors (Lipinski definition) is 6. The van der Waals surface area contributed by atoms with Crippen molar-refractivity contribution in [2.75, 3.05) is 5.75 Å². The zero-order valence-corrected chi connectivity index (χ0v) is 21.4.